The van der Waals surface area contributed by atoms with Crippen LogP contribution in [0.2, 0.25) is 0 Å². The molecule has 0 aromatic heterocycles. The lowest BCUT2D eigenvalue weighted by Gasteiger charge is -2.10. The summed E-state index contributed by atoms with van der Waals surface area (Å²) in [5, 5.41) is 2.31. The lowest BCUT2D eigenvalue weighted by molar-refractivity contribution is -0.0498. The zero-order valence-corrected chi connectivity index (χ0v) is 18.0. The third-order valence-corrected chi connectivity index (χ3v) is 5.67. The number of halogens is 3. The first-order chi connectivity index (χ1) is 15.5. The van der Waals surface area contributed by atoms with Gasteiger partial charge >= 0.3 is 6.61 Å². The van der Waals surface area contributed by atoms with Crippen molar-refractivity contribution < 1.29 is 17.9 Å². The van der Waals surface area contributed by atoms with Crippen LogP contribution in [0.1, 0.15) is 31.7 Å². The van der Waals surface area contributed by atoms with Gasteiger partial charge in [-0.3, -0.25) is 0 Å². The average Bonchev–Trinajstić information content (AvgIpc) is 2.79. The van der Waals surface area contributed by atoms with E-state index in [1.165, 1.54) is 48.4 Å². The molecular formula is C28H25F3O. The summed E-state index contributed by atoms with van der Waals surface area (Å²) in [6.07, 6.45) is 4.75. The first-order valence-electron chi connectivity index (χ1n) is 10.9. The van der Waals surface area contributed by atoms with Gasteiger partial charge in [-0.05, 0) is 70.1 Å². The van der Waals surface area contributed by atoms with E-state index in [1.807, 2.05) is 12.1 Å². The summed E-state index contributed by atoms with van der Waals surface area (Å²) in [4.78, 5) is 0. The highest BCUT2D eigenvalue weighted by molar-refractivity contribution is 5.88. The standard InChI is InChI=1S/C28H25F3O/c1-2-3-4-5-19-6-7-22-17-23(9-8-21(22)16-19)24-12-15-26(27(29)18-24)20-10-13-25(14-11-20)32-28(30)31/h6-18,28H,2-5H2,1H3. The second-order valence-electron chi connectivity index (χ2n) is 7.95. The van der Waals surface area contributed by atoms with Gasteiger partial charge in [0.25, 0.3) is 0 Å². The van der Waals surface area contributed by atoms with Gasteiger partial charge in [-0.25, -0.2) is 4.39 Å². The summed E-state index contributed by atoms with van der Waals surface area (Å²) in [7, 11) is 0. The van der Waals surface area contributed by atoms with Crippen LogP contribution in [0.4, 0.5) is 13.2 Å². The van der Waals surface area contributed by atoms with E-state index >= 15 is 0 Å². The molecule has 0 aliphatic rings. The fraction of sp³-hybridized carbons (Fsp3) is 0.214. The topological polar surface area (TPSA) is 9.23 Å². The largest absolute Gasteiger partial charge is 0.435 e. The molecular weight excluding hydrogens is 409 g/mol. The molecule has 0 unspecified atom stereocenters. The minimum absolute atomic E-state index is 0.0467. The highest BCUT2D eigenvalue weighted by atomic mass is 19.3. The molecule has 0 amide bonds. The highest BCUT2D eigenvalue weighted by Crippen LogP contribution is 2.31. The Morgan fingerprint density at radius 2 is 1.38 bits per heavy atom. The van der Waals surface area contributed by atoms with Crippen molar-refractivity contribution in [3.8, 4) is 28.0 Å². The van der Waals surface area contributed by atoms with E-state index in [0.717, 1.165) is 22.9 Å². The Morgan fingerprint density at radius 1 is 0.719 bits per heavy atom. The number of benzene rings is 4. The second-order valence-corrected chi connectivity index (χ2v) is 7.95. The van der Waals surface area contributed by atoms with Gasteiger partial charge in [-0.1, -0.05) is 74.4 Å². The van der Waals surface area contributed by atoms with Gasteiger partial charge in [-0.2, -0.15) is 8.78 Å². The van der Waals surface area contributed by atoms with Crippen LogP contribution in [0.25, 0.3) is 33.0 Å². The van der Waals surface area contributed by atoms with Crippen molar-refractivity contribution in [1.82, 2.24) is 0 Å². The van der Waals surface area contributed by atoms with Gasteiger partial charge < -0.3 is 4.74 Å². The molecule has 0 radical (unpaired) electrons. The monoisotopic (exact) mass is 434 g/mol. The molecule has 0 spiro atoms. The van der Waals surface area contributed by atoms with Crippen LogP contribution in [-0.4, -0.2) is 6.61 Å². The van der Waals surface area contributed by atoms with E-state index in [4.69, 9.17) is 0 Å². The van der Waals surface area contributed by atoms with Gasteiger partial charge in [0.1, 0.15) is 11.6 Å². The van der Waals surface area contributed by atoms with Crippen molar-refractivity contribution in [2.24, 2.45) is 0 Å². The van der Waals surface area contributed by atoms with E-state index in [9.17, 15) is 13.2 Å². The fourth-order valence-corrected chi connectivity index (χ4v) is 3.95. The van der Waals surface area contributed by atoms with Crippen molar-refractivity contribution in [3.05, 3.63) is 90.2 Å². The van der Waals surface area contributed by atoms with E-state index in [0.29, 0.717) is 11.1 Å². The molecule has 4 aromatic rings. The third kappa shape index (κ3) is 5.13. The zero-order chi connectivity index (χ0) is 22.5. The number of rotatable bonds is 8. The van der Waals surface area contributed by atoms with Crippen LogP contribution in [0.3, 0.4) is 0 Å². The van der Waals surface area contributed by atoms with E-state index in [1.54, 1.807) is 18.2 Å². The lowest BCUT2D eigenvalue weighted by Crippen LogP contribution is -2.01. The number of hydrogen-bond donors (Lipinski definition) is 0. The molecule has 0 fully saturated rings. The summed E-state index contributed by atoms with van der Waals surface area (Å²) in [6.45, 7) is -0.676. The summed E-state index contributed by atoms with van der Waals surface area (Å²) in [6, 6.07) is 23.8. The van der Waals surface area contributed by atoms with Gasteiger partial charge in [0.2, 0.25) is 0 Å². The molecule has 1 nitrogen and oxygen atoms in total. The predicted octanol–water partition coefficient (Wildman–Crippen LogP) is 8.65. The highest BCUT2D eigenvalue weighted by Gasteiger charge is 2.10. The van der Waals surface area contributed by atoms with Crippen LogP contribution < -0.4 is 4.74 Å². The average molecular weight is 435 g/mol. The minimum Gasteiger partial charge on any atom is -0.435 e. The van der Waals surface area contributed by atoms with Crippen LogP contribution in [0, 0.1) is 5.82 Å². The Balaban J connectivity index is 1.56. The second kappa shape index (κ2) is 9.90. The number of fused-ring (bicyclic) bond motifs is 1. The Bertz CT molecular complexity index is 1200. The van der Waals surface area contributed by atoms with Crippen LogP contribution in [0.15, 0.2) is 78.9 Å². The van der Waals surface area contributed by atoms with E-state index < -0.39 is 6.61 Å². The normalized spacial score (nSPS) is 11.3. The lowest BCUT2D eigenvalue weighted by atomic mass is 9.96. The van der Waals surface area contributed by atoms with Crippen molar-refractivity contribution in [1.29, 1.82) is 0 Å². The Hall–Kier alpha value is -3.27. The molecule has 0 heterocycles. The van der Waals surface area contributed by atoms with Crippen molar-refractivity contribution in [3.63, 3.8) is 0 Å². The molecule has 0 bridgehead atoms. The maximum Gasteiger partial charge on any atom is 0.387 e. The van der Waals surface area contributed by atoms with Gasteiger partial charge in [-0.15, -0.1) is 0 Å². The first-order valence-corrected chi connectivity index (χ1v) is 10.9. The summed E-state index contributed by atoms with van der Waals surface area (Å²) in [5.41, 5.74) is 4.10. The van der Waals surface area contributed by atoms with Gasteiger partial charge in [0, 0.05) is 5.56 Å². The Kier molecular flexibility index (Phi) is 6.79. The first kappa shape index (κ1) is 21.9. The number of aryl methyl sites for hydroxylation is 1. The molecule has 0 atom stereocenters. The summed E-state index contributed by atoms with van der Waals surface area (Å²) < 4.78 is 43.9. The molecule has 32 heavy (non-hydrogen) atoms. The quantitative estimate of drug-likeness (QED) is 0.252. The van der Waals surface area contributed by atoms with Crippen molar-refractivity contribution in [2.45, 2.75) is 39.2 Å². The van der Waals surface area contributed by atoms with Crippen LogP contribution in [-0.2, 0) is 6.42 Å². The summed E-state index contributed by atoms with van der Waals surface area (Å²) >= 11 is 0. The predicted molar refractivity (Wildman–Crippen MR) is 125 cm³/mol. The number of alkyl halides is 2. The molecule has 0 aliphatic heterocycles. The van der Waals surface area contributed by atoms with Crippen LogP contribution >= 0.6 is 0 Å². The molecule has 4 heteroatoms. The SMILES string of the molecule is CCCCCc1ccc2cc(-c3ccc(-c4ccc(OC(F)F)cc4)c(F)c3)ccc2c1. The maximum atomic E-state index is 14.9. The Labute approximate surface area is 186 Å². The van der Waals surface area contributed by atoms with Crippen molar-refractivity contribution >= 4 is 10.8 Å². The molecule has 4 aromatic carbocycles. The molecule has 0 saturated heterocycles. The van der Waals surface area contributed by atoms with Crippen molar-refractivity contribution in [2.75, 3.05) is 0 Å². The number of hydrogen-bond acceptors (Lipinski definition) is 1. The zero-order valence-electron chi connectivity index (χ0n) is 18.0. The number of ether oxygens (including phenoxy) is 1. The molecule has 164 valence electrons. The molecule has 0 saturated carbocycles. The minimum atomic E-state index is -2.88. The van der Waals surface area contributed by atoms with Gasteiger partial charge in [0.15, 0.2) is 0 Å². The summed E-state index contributed by atoms with van der Waals surface area (Å²) in [5.74, 6) is -0.318. The fourth-order valence-electron chi connectivity index (χ4n) is 3.95. The van der Waals surface area contributed by atoms with E-state index in [-0.39, 0.29) is 11.6 Å². The third-order valence-electron chi connectivity index (χ3n) is 5.67. The van der Waals surface area contributed by atoms with E-state index in [2.05, 4.69) is 42.0 Å². The maximum absolute atomic E-state index is 14.9. The molecule has 0 N–H and O–H groups in total. The molecule has 4 rings (SSSR count). The molecule has 0 aliphatic carbocycles. The van der Waals surface area contributed by atoms with Gasteiger partial charge in [0.05, 0.1) is 0 Å². The smallest absolute Gasteiger partial charge is 0.387 e. The number of unbranched alkanes of at least 4 members (excludes halogenated alkanes) is 2. The van der Waals surface area contributed by atoms with Crippen LogP contribution in [0.5, 0.6) is 5.75 Å². The Morgan fingerprint density at radius 3 is 2.09 bits per heavy atom.